The van der Waals surface area contributed by atoms with E-state index in [2.05, 4.69) is 12.2 Å². The van der Waals surface area contributed by atoms with Crippen molar-refractivity contribution in [1.29, 1.82) is 0 Å². The van der Waals surface area contributed by atoms with Crippen LogP contribution in [0.1, 0.15) is 65.7 Å². The summed E-state index contributed by atoms with van der Waals surface area (Å²) in [6, 6.07) is 0. The molecule has 3 saturated carbocycles. The van der Waals surface area contributed by atoms with Gasteiger partial charge in [-0.25, -0.2) is 4.79 Å². The van der Waals surface area contributed by atoms with Crippen LogP contribution in [0.2, 0.25) is 0 Å². The van der Waals surface area contributed by atoms with E-state index < -0.39 is 13.1 Å². The number of hydrogen-bond acceptors (Lipinski definition) is 2. The van der Waals surface area contributed by atoms with Gasteiger partial charge in [-0.15, -0.1) is 0 Å². The molecule has 3 rings (SSSR count). The number of hydrogen-bond donors (Lipinski definition) is 1. The maximum absolute atomic E-state index is 11.9. The van der Waals surface area contributed by atoms with Crippen LogP contribution in [0.25, 0.3) is 0 Å². The molecule has 3 fully saturated rings. The second kappa shape index (κ2) is 9.46. The van der Waals surface area contributed by atoms with E-state index in [0.29, 0.717) is 5.41 Å². The molecule has 0 saturated heterocycles. The molecule has 0 aliphatic heterocycles. The van der Waals surface area contributed by atoms with Crippen molar-refractivity contribution >= 4 is 13.6 Å². The first kappa shape index (κ1) is 23.8. The smallest absolute Gasteiger partial charge is 0.444 e. The zero-order valence-corrected chi connectivity index (χ0v) is 17.8. The van der Waals surface area contributed by atoms with E-state index in [-0.39, 0.29) is 63.0 Å². The van der Waals surface area contributed by atoms with Gasteiger partial charge in [0.2, 0.25) is 0 Å². The van der Waals surface area contributed by atoms with E-state index in [0.717, 1.165) is 25.7 Å². The van der Waals surface area contributed by atoms with Gasteiger partial charge in [-0.2, -0.15) is 6.42 Å². The zero-order valence-electron chi connectivity index (χ0n) is 14.7. The van der Waals surface area contributed by atoms with Gasteiger partial charge in [-0.3, -0.25) is 12.9 Å². The summed E-state index contributed by atoms with van der Waals surface area (Å²) in [6.07, 6.45) is 7.64. The minimum Gasteiger partial charge on any atom is -0.444 e. The molecule has 23 heavy (non-hydrogen) atoms. The average Bonchev–Trinajstić information content (AvgIpc) is 2.37. The second-order valence-electron chi connectivity index (χ2n) is 7.40. The molecule has 3 aliphatic rings. The van der Waals surface area contributed by atoms with E-state index in [1.54, 1.807) is 0 Å². The number of nitrogens with one attached hydrogen (secondary N) is 1. The van der Waals surface area contributed by atoms with Crippen molar-refractivity contribution in [2.24, 2.45) is 5.41 Å². The van der Waals surface area contributed by atoms with Crippen LogP contribution in [-0.2, 0) is 4.74 Å². The number of halogens is 3. The third-order valence-corrected chi connectivity index (χ3v) is 4.70. The van der Waals surface area contributed by atoms with Crippen molar-refractivity contribution in [3.63, 3.8) is 0 Å². The number of alkyl carbamates (subject to hydrolysis) is 1. The van der Waals surface area contributed by atoms with Gasteiger partial charge < -0.3 is 17.0 Å². The molecule has 0 atom stereocenters. The number of ether oxygens (including phenoxy) is 1. The minimum absolute atomic E-state index is 0. The van der Waals surface area contributed by atoms with Crippen molar-refractivity contribution in [2.45, 2.75) is 76.9 Å². The Bertz CT molecular complexity index is 364. The van der Waals surface area contributed by atoms with Gasteiger partial charge in [0.1, 0.15) is 5.60 Å². The third kappa shape index (κ3) is 8.12. The topological polar surface area (TPSA) is 38.3 Å². The summed E-state index contributed by atoms with van der Waals surface area (Å²) >= 11 is 0. The van der Waals surface area contributed by atoms with Crippen LogP contribution in [0.5, 0.6) is 0 Å². The summed E-state index contributed by atoms with van der Waals surface area (Å²) in [6.45, 7) is 9.80. The van der Waals surface area contributed by atoms with Crippen LogP contribution < -0.4 is 56.7 Å². The Morgan fingerprint density at radius 3 is 1.83 bits per heavy atom. The van der Waals surface area contributed by atoms with E-state index >= 15 is 0 Å². The number of carbonyl (C=O) groups is 1. The molecule has 0 unspecified atom stereocenters. The summed E-state index contributed by atoms with van der Waals surface area (Å²) in [7, 11) is -3.67. The molecule has 0 aromatic heterocycles. The fraction of sp³-hybridized carbons (Fsp3) is 0.867. The maximum atomic E-state index is 11.9. The molecule has 0 spiro atoms. The van der Waals surface area contributed by atoms with Gasteiger partial charge >= 0.3 is 65.0 Å². The van der Waals surface area contributed by atoms with Gasteiger partial charge in [0, 0.05) is 5.54 Å². The molecule has 1 amide bonds. The van der Waals surface area contributed by atoms with Crippen molar-refractivity contribution in [2.75, 3.05) is 0 Å². The second-order valence-corrected chi connectivity index (χ2v) is 7.40. The summed E-state index contributed by atoms with van der Waals surface area (Å²) in [4.78, 5) is 11.9. The summed E-state index contributed by atoms with van der Waals surface area (Å²) in [5, 5.41) is 3.14. The van der Waals surface area contributed by atoms with Gasteiger partial charge in [0.25, 0.3) is 0 Å². The number of rotatable bonds is 2. The van der Waals surface area contributed by atoms with Crippen LogP contribution in [0.3, 0.4) is 0 Å². The van der Waals surface area contributed by atoms with Crippen molar-refractivity contribution in [3.8, 4) is 0 Å². The number of carbonyl (C=O) groups excluding carboxylic acids is 1. The Morgan fingerprint density at radius 2 is 1.52 bits per heavy atom. The van der Waals surface area contributed by atoms with Crippen LogP contribution in [-0.4, -0.2) is 24.8 Å². The summed E-state index contributed by atoms with van der Waals surface area (Å²) in [5.74, 6) is 0. The van der Waals surface area contributed by atoms with Crippen LogP contribution in [0.15, 0.2) is 0 Å². The molecule has 2 bridgehead atoms. The zero-order chi connectivity index (χ0) is 17.0. The van der Waals surface area contributed by atoms with E-state index in [1.807, 2.05) is 20.8 Å². The summed E-state index contributed by atoms with van der Waals surface area (Å²) in [5.41, 5.74) is 0.0533. The van der Waals surface area contributed by atoms with E-state index in [9.17, 15) is 17.7 Å². The Labute approximate surface area is 180 Å². The Balaban J connectivity index is 0.000000871. The Kier molecular flexibility index (Phi) is 9.77. The average molecular weight is 359 g/mol. The molecule has 0 radical (unpaired) electrons. The Morgan fingerprint density at radius 1 is 1.13 bits per heavy atom. The van der Waals surface area contributed by atoms with Gasteiger partial charge in [-0.05, 0) is 59.3 Å². The molecular weight excluding hydrogens is 333 g/mol. The maximum Gasteiger partial charge on any atom is 1.00 e. The predicted octanol–water partition coefficient (Wildman–Crippen LogP) is 1.71. The van der Waals surface area contributed by atoms with Crippen molar-refractivity contribution < 1.29 is 73.9 Å². The first-order valence-corrected chi connectivity index (χ1v) is 7.74. The largest absolute Gasteiger partial charge is 1.00 e. The van der Waals surface area contributed by atoms with Crippen molar-refractivity contribution in [1.82, 2.24) is 5.32 Å². The molecular formula is C15H26BF3KNO2. The van der Waals surface area contributed by atoms with Crippen molar-refractivity contribution in [3.05, 3.63) is 6.92 Å². The fourth-order valence-electron chi connectivity index (χ4n) is 3.35. The minimum atomic E-state index is -3.67. The standard InChI is InChI=1S/C15H26NO2.BF3.K/c1-5-14-6-9-15(10-7-14,11-8-14)16-12(17)18-13(2,3)4;2-1(3)4;/h1,5-11H2,2-4H3,(H,16,17);;/q-1;;+1. The monoisotopic (exact) mass is 359 g/mol. The fourth-order valence-corrected chi connectivity index (χ4v) is 3.35. The SMILES string of the molecule is FB(F)F.[CH2-]CC12CCC(NC(=O)OC(C)(C)C)(CC1)CC2.[K+]. The number of fused-ring (bicyclic) bond motifs is 3. The molecule has 8 heteroatoms. The molecule has 128 valence electrons. The molecule has 3 nitrogen and oxygen atoms in total. The van der Waals surface area contributed by atoms with Gasteiger partial charge in [-0.1, -0.05) is 5.41 Å². The van der Waals surface area contributed by atoms with Crippen LogP contribution >= 0.6 is 0 Å². The summed E-state index contributed by atoms with van der Waals surface area (Å²) < 4.78 is 34.4. The normalized spacial score (nSPS) is 28.8. The molecule has 0 aromatic rings. The number of amides is 1. The Hall–Kier alpha value is 0.761. The quantitative estimate of drug-likeness (QED) is 0.602. The first-order valence-electron chi connectivity index (χ1n) is 7.74. The van der Waals surface area contributed by atoms with E-state index in [1.165, 1.54) is 19.3 Å². The third-order valence-electron chi connectivity index (χ3n) is 4.70. The predicted molar refractivity (Wildman–Crippen MR) is 81.3 cm³/mol. The first-order chi connectivity index (χ1) is 10.0. The van der Waals surface area contributed by atoms with Gasteiger partial charge in [0.15, 0.2) is 0 Å². The molecule has 3 aliphatic carbocycles. The van der Waals surface area contributed by atoms with E-state index in [4.69, 9.17) is 4.74 Å². The molecule has 0 heterocycles. The molecule has 1 N–H and O–H groups in total. The van der Waals surface area contributed by atoms with Gasteiger partial charge in [0.05, 0.1) is 0 Å². The molecule has 0 aromatic carbocycles. The van der Waals surface area contributed by atoms with Crippen LogP contribution in [0.4, 0.5) is 17.7 Å². The van der Waals surface area contributed by atoms with Crippen LogP contribution in [0, 0.1) is 12.3 Å².